The molecule has 3 atom stereocenters. The third-order valence-corrected chi connectivity index (χ3v) is 3.96. The number of thioether (sulfide) groups is 1. The molecule has 0 bridgehead atoms. The molecule has 0 aromatic rings. The first kappa shape index (κ1) is 9.86. The van der Waals surface area contributed by atoms with Crippen molar-refractivity contribution in [3.63, 3.8) is 0 Å². The highest BCUT2D eigenvalue weighted by Gasteiger charge is 2.34. The summed E-state index contributed by atoms with van der Waals surface area (Å²) in [7, 11) is 1.95. The van der Waals surface area contributed by atoms with E-state index in [0.29, 0.717) is 17.3 Å². The van der Waals surface area contributed by atoms with Crippen molar-refractivity contribution in [1.29, 1.82) is 0 Å². The van der Waals surface area contributed by atoms with Crippen LogP contribution in [0, 0.1) is 0 Å². The molecule has 1 heterocycles. The zero-order chi connectivity index (χ0) is 8.97. The predicted molar refractivity (Wildman–Crippen MR) is 52.4 cm³/mol. The second-order valence-corrected chi connectivity index (χ2v) is 4.26. The number of likely N-dealkylation sites (N-methyl/N-ethyl adjacent to an activating group) is 1. The summed E-state index contributed by atoms with van der Waals surface area (Å²) in [4.78, 5) is 10.3. The van der Waals surface area contributed by atoms with Crippen LogP contribution in [0.5, 0.6) is 0 Å². The average molecular weight is 188 g/mol. The van der Waals surface area contributed by atoms with Crippen LogP contribution < -0.4 is 10.6 Å². The Morgan fingerprint density at radius 3 is 2.92 bits per heavy atom. The topological polar surface area (TPSA) is 41.1 Å². The lowest BCUT2D eigenvalue weighted by Crippen LogP contribution is -2.48. The molecule has 1 saturated heterocycles. The number of hydrogen-bond acceptors (Lipinski definition) is 3. The van der Waals surface area contributed by atoms with Crippen LogP contribution in [0.1, 0.15) is 13.3 Å². The van der Waals surface area contributed by atoms with Crippen molar-refractivity contribution in [1.82, 2.24) is 10.6 Å². The molecule has 0 aromatic carbocycles. The molecule has 4 heteroatoms. The molecule has 2 N–H and O–H groups in total. The van der Waals surface area contributed by atoms with Gasteiger partial charge in [-0.3, -0.25) is 4.79 Å². The molecule has 3 nitrogen and oxygen atoms in total. The Morgan fingerprint density at radius 2 is 2.42 bits per heavy atom. The Balaban J connectivity index is 2.52. The molecule has 0 radical (unpaired) electrons. The number of carbonyl (C=O) groups excluding carboxylic acids is 1. The van der Waals surface area contributed by atoms with Gasteiger partial charge in [0.15, 0.2) is 0 Å². The van der Waals surface area contributed by atoms with Gasteiger partial charge in [-0.1, -0.05) is 6.92 Å². The second-order valence-electron chi connectivity index (χ2n) is 2.99. The fraction of sp³-hybridized carbons (Fsp3) is 0.875. The van der Waals surface area contributed by atoms with Crippen molar-refractivity contribution in [2.75, 3.05) is 12.8 Å². The van der Waals surface area contributed by atoms with Crippen molar-refractivity contribution in [3.8, 4) is 0 Å². The van der Waals surface area contributed by atoms with E-state index in [1.165, 1.54) is 0 Å². The van der Waals surface area contributed by atoms with Gasteiger partial charge in [-0.05, 0) is 13.5 Å². The minimum atomic E-state index is 0.308. The van der Waals surface area contributed by atoms with Gasteiger partial charge in [0.25, 0.3) is 0 Å². The van der Waals surface area contributed by atoms with Crippen molar-refractivity contribution in [3.05, 3.63) is 0 Å². The van der Waals surface area contributed by atoms with Crippen LogP contribution in [0.15, 0.2) is 0 Å². The zero-order valence-corrected chi connectivity index (χ0v) is 8.36. The second kappa shape index (κ2) is 4.72. The third kappa shape index (κ3) is 1.93. The molecule has 70 valence electrons. The van der Waals surface area contributed by atoms with E-state index in [1.54, 1.807) is 0 Å². The Bertz CT molecular complexity index is 142. The molecule has 3 unspecified atom stereocenters. The number of rotatable bonds is 4. The van der Waals surface area contributed by atoms with E-state index < -0.39 is 0 Å². The summed E-state index contributed by atoms with van der Waals surface area (Å²) in [5.41, 5.74) is 0. The number of amides is 1. The lowest BCUT2D eigenvalue weighted by Gasteiger charge is -2.21. The number of carbonyl (C=O) groups is 1. The fourth-order valence-electron chi connectivity index (χ4n) is 1.63. The SMILES string of the molecule is CCC1SCC(NC)C1NC=O. The van der Waals surface area contributed by atoms with E-state index in [-0.39, 0.29) is 0 Å². The molecule has 1 aliphatic rings. The minimum absolute atomic E-state index is 0.308. The molecule has 1 rings (SSSR count). The van der Waals surface area contributed by atoms with E-state index in [4.69, 9.17) is 0 Å². The number of nitrogens with one attached hydrogen (secondary N) is 2. The maximum Gasteiger partial charge on any atom is 0.207 e. The summed E-state index contributed by atoms with van der Waals surface area (Å²) >= 11 is 1.94. The van der Waals surface area contributed by atoms with Crippen LogP contribution >= 0.6 is 11.8 Å². The smallest absolute Gasteiger partial charge is 0.207 e. The van der Waals surface area contributed by atoms with Crippen molar-refractivity contribution in [2.24, 2.45) is 0 Å². The zero-order valence-electron chi connectivity index (χ0n) is 7.54. The summed E-state index contributed by atoms with van der Waals surface area (Å²) in [6, 6.07) is 0.743. The summed E-state index contributed by atoms with van der Waals surface area (Å²) in [5, 5.41) is 6.68. The van der Waals surface area contributed by atoms with Crippen LogP contribution in [0.25, 0.3) is 0 Å². The maximum atomic E-state index is 10.3. The first-order valence-electron chi connectivity index (χ1n) is 4.32. The number of hydrogen-bond donors (Lipinski definition) is 2. The van der Waals surface area contributed by atoms with E-state index in [0.717, 1.165) is 18.6 Å². The molecule has 0 aliphatic carbocycles. The Hall–Kier alpha value is -0.220. The average Bonchev–Trinajstić information content (AvgIpc) is 2.48. The van der Waals surface area contributed by atoms with Crippen LogP contribution in [0.4, 0.5) is 0 Å². The van der Waals surface area contributed by atoms with E-state index in [1.807, 2.05) is 18.8 Å². The molecule has 1 fully saturated rings. The van der Waals surface area contributed by atoms with Gasteiger partial charge in [0.1, 0.15) is 0 Å². The van der Waals surface area contributed by atoms with E-state index in [9.17, 15) is 4.79 Å². The van der Waals surface area contributed by atoms with Gasteiger partial charge in [-0.2, -0.15) is 11.8 Å². The van der Waals surface area contributed by atoms with Gasteiger partial charge in [-0.15, -0.1) is 0 Å². The van der Waals surface area contributed by atoms with E-state index in [2.05, 4.69) is 17.6 Å². The van der Waals surface area contributed by atoms with Crippen LogP contribution in [-0.2, 0) is 4.79 Å². The van der Waals surface area contributed by atoms with Crippen LogP contribution in [-0.4, -0.2) is 36.5 Å². The largest absolute Gasteiger partial charge is 0.353 e. The van der Waals surface area contributed by atoms with Gasteiger partial charge >= 0.3 is 0 Å². The van der Waals surface area contributed by atoms with Gasteiger partial charge in [0, 0.05) is 17.0 Å². The monoisotopic (exact) mass is 188 g/mol. The molecule has 1 aliphatic heterocycles. The summed E-state index contributed by atoms with van der Waals surface area (Å²) in [5.74, 6) is 1.10. The Kier molecular flexibility index (Phi) is 3.88. The first-order chi connectivity index (χ1) is 5.83. The molecule has 0 aromatic heterocycles. The van der Waals surface area contributed by atoms with Crippen LogP contribution in [0.3, 0.4) is 0 Å². The fourth-order valence-corrected chi connectivity index (χ4v) is 3.17. The van der Waals surface area contributed by atoms with Gasteiger partial charge < -0.3 is 10.6 Å². The maximum absolute atomic E-state index is 10.3. The standard InChI is InChI=1S/C8H16N2OS/c1-3-7-8(10-5-11)6(9-2)4-12-7/h5-9H,3-4H2,1-2H3,(H,10,11). The molecule has 12 heavy (non-hydrogen) atoms. The highest BCUT2D eigenvalue weighted by molar-refractivity contribution is 8.00. The Labute approximate surface area is 77.7 Å². The molecular formula is C8H16N2OS. The Morgan fingerprint density at radius 1 is 1.67 bits per heavy atom. The van der Waals surface area contributed by atoms with Crippen molar-refractivity contribution in [2.45, 2.75) is 30.7 Å². The third-order valence-electron chi connectivity index (χ3n) is 2.36. The van der Waals surface area contributed by atoms with E-state index >= 15 is 0 Å². The van der Waals surface area contributed by atoms with Gasteiger partial charge in [0.2, 0.25) is 6.41 Å². The first-order valence-corrected chi connectivity index (χ1v) is 5.37. The van der Waals surface area contributed by atoms with Crippen molar-refractivity contribution >= 4 is 18.2 Å². The lowest BCUT2D eigenvalue weighted by atomic mass is 10.1. The van der Waals surface area contributed by atoms with Crippen LogP contribution in [0.2, 0.25) is 0 Å². The highest BCUT2D eigenvalue weighted by Crippen LogP contribution is 2.29. The molecule has 0 spiro atoms. The molecule has 0 saturated carbocycles. The van der Waals surface area contributed by atoms with Gasteiger partial charge in [0.05, 0.1) is 6.04 Å². The quantitative estimate of drug-likeness (QED) is 0.620. The van der Waals surface area contributed by atoms with Gasteiger partial charge in [-0.25, -0.2) is 0 Å². The normalized spacial score (nSPS) is 35.0. The summed E-state index contributed by atoms with van der Waals surface area (Å²) in [6.45, 7) is 2.16. The predicted octanol–water partition coefficient (Wildman–Crippen LogP) is 0.214. The highest BCUT2D eigenvalue weighted by atomic mass is 32.2. The summed E-state index contributed by atoms with van der Waals surface area (Å²) in [6.07, 6.45) is 1.93. The minimum Gasteiger partial charge on any atom is -0.353 e. The molecule has 1 amide bonds. The lowest BCUT2D eigenvalue weighted by molar-refractivity contribution is -0.110. The molecular weight excluding hydrogens is 172 g/mol. The van der Waals surface area contributed by atoms with Crippen molar-refractivity contribution < 1.29 is 4.79 Å². The summed E-state index contributed by atoms with van der Waals surface area (Å²) < 4.78 is 0.